The molecule has 0 unspecified atom stereocenters. The van der Waals surface area contributed by atoms with Crippen molar-refractivity contribution >= 4 is 5.91 Å². The molecule has 0 aliphatic carbocycles. The molecule has 0 saturated carbocycles. The minimum atomic E-state index is -0.210. The Morgan fingerprint density at radius 3 is 2.86 bits per heavy atom. The number of nitrogens with zero attached hydrogens (tertiary/aromatic N) is 2. The molecule has 3 heterocycles. The molecule has 1 aromatic heterocycles. The zero-order valence-electron chi connectivity index (χ0n) is 12.9. The number of ether oxygens (including phenoxy) is 2. The third-order valence-corrected chi connectivity index (χ3v) is 4.35. The molecule has 22 heavy (non-hydrogen) atoms. The van der Waals surface area contributed by atoms with E-state index in [0.717, 1.165) is 45.9 Å². The number of aromatic nitrogens is 1. The Hall–Kier alpha value is -1.44. The predicted molar refractivity (Wildman–Crippen MR) is 78.7 cm³/mol. The van der Waals surface area contributed by atoms with Crippen molar-refractivity contribution in [3.63, 3.8) is 0 Å². The average Bonchev–Trinajstić information content (AvgIpc) is 3.20. The SMILES string of the molecule is Cc1cc(C(=O)NC[C@@H]([C@@H]2CCOC2)N2CCOCC2)on1. The van der Waals surface area contributed by atoms with Crippen LogP contribution in [-0.4, -0.2) is 68.1 Å². The van der Waals surface area contributed by atoms with Crippen molar-refractivity contribution in [1.82, 2.24) is 15.4 Å². The average molecular weight is 309 g/mol. The molecular formula is C15H23N3O4. The van der Waals surface area contributed by atoms with E-state index in [2.05, 4.69) is 15.4 Å². The molecule has 3 rings (SSSR count). The third-order valence-electron chi connectivity index (χ3n) is 4.35. The van der Waals surface area contributed by atoms with Crippen LogP contribution in [0.3, 0.4) is 0 Å². The van der Waals surface area contributed by atoms with Crippen molar-refractivity contribution in [2.45, 2.75) is 19.4 Å². The van der Waals surface area contributed by atoms with Crippen LogP contribution < -0.4 is 5.32 Å². The molecule has 2 fully saturated rings. The van der Waals surface area contributed by atoms with E-state index in [1.807, 2.05) is 0 Å². The van der Waals surface area contributed by atoms with Crippen LogP contribution in [0.15, 0.2) is 10.6 Å². The van der Waals surface area contributed by atoms with Crippen molar-refractivity contribution < 1.29 is 18.8 Å². The van der Waals surface area contributed by atoms with Crippen molar-refractivity contribution in [1.29, 1.82) is 0 Å². The van der Waals surface area contributed by atoms with E-state index in [4.69, 9.17) is 14.0 Å². The number of morpholine rings is 1. The molecular weight excluding hydrogens is 286 g/mol. The second-order valence-corrected chi connectivity index (χ2v) is 5.88. The van der Waals surface area contributed by atoms with E-state index in [9.17, 15) is 4.79 Å². The Bertz CT molecular complexity index is 493. The van der Waals surface area contributed by atoms with Gasteiger partial charge in [-0.2, -0.15) is 0 Å². The standard InChI is InChI=1S/C15H23N3O4/c1-11-8-14(22-17-11)15(19)16-9-13(12-2-5-21-10-12)18-3-6-20-7-4-18/h8,12-13H,2-7,9-10H2,1H3,(H,16,19)/t12-,13+/m1/s1. The van der Waals surface area contributed by atoms with Gasteiger partial charge in [0.15, 0.2) is 0 Å². The first-order valence-electron chi connectivity index (χ1n) is 7.85. The maximum absolute atomic E-state index is 12.1. The first-order chi connectivity index (χ1) is 10.7. The van der Waals surface area contributed by atoms with Crippen LogP contribution in [0.2, 0.25) is 0 Å². The van der Waals surface area contributed by atoms with Gasteiger partial charge in [0.25, 0.3) is 5.91 Å². The van der Waals surface area contributed by atoms with Crippen LogP contribution in [0, 0.1) is 12.8 Å². The molecule has 1 aromatic rings. The lowest BCUT2D eigenvalue weighted by molar-refractivity contribution is 0.00158. The Balaban J connectivity index is 1.60. The van der Waals surface area contributed by atoms with E-state index >= 15 is 0 Å². The number of nitrogens with one attached hydrogen (secondary N) is 1. The fourth-order valence-corrected chi connectivity index (χ4v) is 3.11. The van der Waals surface area contributed by atoms with Gasteiger partial charge in [0.2, 0.25) is 5.76 Å². The highest BCUT2D eigenvalue weighted by Gasteiger charge is 2.32. The summed E-state index contributed by atoms with van der Waals surface area (Å²) in [6.45, 7) is 7.26. The summed E-state index contributed by atoms with van der Waals surface area (Å²) < 4.78 is 16.0. The molecule has 2 aliphatic rings. The van der Waals surface area contributed by atoms with Gasteiger partial charge in [-0.15, -0.1) is 0 Å². The van der Waals surface area contributed by atoms with Crippen LogP contribution in [0.4, 0.5) is 0 Å². The molecule has 1 N–H and O–H groups in total. The van der Waals surface area contributed by atoms with Gasteiger partial charge in [-0.25, -0.2) is 0 Å². The lowest BCUT2D eigenvalue weighted by Gasteiger charge is -2.37. The minimum absolute atomic E-state index is 0.210. The van der Waals surface area contributed by atoms with Gasteiger partial charge in [0.05, 0.1) is 25.5 Å². The molecule has 2 atom stereocenters. The van der Waals surface area contributed by atoms with Gasteiger partial charge < -0.3 is 19.3 Å². The fourth-order valence-electron chi connectivity index (χ4n) is 3.11. The predicted octanol–water partition coefficient (Wildman–Crippen LogP) is 0.450. The molecule has 0 spiro atoms. The van der Waals surface area contributed by atoms with Crippen molar-refractivity contribution in [3.8, 4) is 0 Å². The lowest BCUT2D eigenvalue weighted by atomic mass is 9.97. The largest absolute Gasteiger partial charge is 0.381 e. The summed E-state index contributed by atoms with van der Waals surface area (Å²) >= 11 is 0. The maximum Gasteiger partial charge on any atom is 0.289 e. The van der Waals surface area contributed by atoms with Gasteiger partial charge in [-0.05, 0) is 13.3 Å². The Morgan fingerprint density at radius 2 is 2.23 bits per heavy atom. The van der Waals surface area contributed by atoms with E-state index in [1.165, 1.54) is 0 Å². The first kappa shape index (κ1) is 15.5. The topological polar surface area (TPSA) is 76.8 Å². The van der Waals surface area contributed by atoms with Crippen LogP contribution in [0.5, 0.6) is 0 Å². The monoisotopic (exact) mass is 309 g/mol. The summed E-state index contributed by atoms with van der Waals surface area (Å²) in [5.74, 6) is 0.508. The molecule has 7 heteroatoms. The number of carbonyl (C=O) groups excluding carboxylic acids is 1. The molecule has 0 bridgehead atoms. The molecule has 2 saturated heterocycles. The Morgan fingerprint density at radius 1 is 1.41 bits per heavy atom. The van der Waals surface area contributed by atoms with Crippen LogP contribution in [0.1, 0.15) is 22.7 Å². The Labute approximate surface area is 129 Å². The normalized spacial score (nSPS) is 24.3. The van der Waals surface area contributed by atoms with Crippen LogP contribution in [-0.2, 0) is 9.47 Å². The summed E-state index contributed by atoms with van der Waals surface area (Å²) in [7, 11) is 0. The molecule has 7 nitrogen and oxygen atoms in total. The highest BCUT2D eigenvalue weighted by atomic mass is 16.5. The Kier molecular flexibility index (Phi) is 5.07. The summed E-state index contributed by atoms with van der Waals surface area (Å²) in [6.07, 6.45) is 1.04. The molecule has 1 amide bonds. The number of aryl methyl sites for hydroxylation is 1. The summed E-state index contributed by atoms with van der Waals surface area (Å²) in [5, 5.41) is 6.73. The van der Waals surface area contributed by atoms with E-state index in [-0.39, 0.29) is 17.7 Å². The number of carbonyl (C=O) groups is 1. The smallest absolute Gasteiger partial charge is 0.289 e. The third kappa shape index (κ3) is 3.66. The molecule has 122 valence electrons. The number of hydrogen-bond acceptors (Lipinski definition) is 6. The zero-order chi connectivity index (χ0) is 15.4. The highest BCUT2D eigenvalue weighted by molar-refractivity contribution is 5.91. The maximum atomic E-state index is 12.1. The van der Waals surface area contributed by atoms with Crippen LogP contribution in [0.25, 0.3) is 0 Å². The van der Waals surface area contributed by atoms with Gasteiger partial charge in [0, 0.05) is 44.3 Å². The number of amides is 1. The zero-order valence-corrected chi connectivity index (χ0v) is 12.9. The number of hydrogen-bond donors (Lipinski definition) is 1. The quantitative estimate of drug-likeness (QED) is 0.851. The first-order valence-corrected chi connectivity index (χ1v) is 7.85. The fraction of sp³-hybridized carbons (Fsp3) is 0.733. The number of rotatable bonds is 5. The highest BCUT2D eigenvalue weighted by Crippen LogP contribution is 2.22. The minimum Gasteiger partial charge on any atom is -0.381 e. The van der Waals surface area contributed by atoms with E-state index in [0.29, 0.717) is 18.2 Å². The molecule has 0 aromatic carbocycles. The van der Waals surface area contributed by atoms with Crippen molar-refractivity contribution in [3.05, 3.63) is 17.5 Å². The molecule has 2 aliphatic heterocycles. The summed E-state index contributed by atoms with van der Waals surface area (Å²) in [5.41, 5.74) is 0.707. The van der Waals surface area contributed by atoms with E-state index in [1.54, 1.807) is 13.0 Å². The van der Waals surface area contributed by atoms with Gasteiger partial charge in [0.1, 0.15) is 0 Å². The van der Waals surface area contributed by atoms with E-state index < -0.39 is 0 Å². The van der Waals surface area contributed by atoms with Gasteiger partial charge in [-0.3, -0.25) is 9.69 Å². The van der Waals surface area contributed by atoms with Crippen molar-refractivity contribution in [2.75, 3.05) is 46.1 Å². The van der Waals surface area contributed by atoms with Crippen LogP contribution >= 0.6 is 0 Å². The summed E-state index contributed by atoms with van der Waals surface area (Å²) in [4.78, 5) is 14.5. The molecule has 0 radical (unpaired) electrons. The second-order valence-electron chi connectivity index (χ2n) is 5.88. The van der Waals surface area contributed by atoms with Crippen molar-refractivity contribution in [2.24, 2.45) is 5.92 Å². The summed E-state index contributed by atoms with van der Waals surface area (Å²) in [6, 6.07) is 1.93. The second kappa shape index (κ2) is 7.21. The lowest BCUT2D eigenvalue weighted by Crippen LogP contribution is -2.52. The van der Waals surface area contributed by atoms with Gasteiger partial charge in [-0.1, -0.05) is 5.16 Å². The van der Waals surface area contributed by atoms with Gasteiger partial charge >= 0.3 is 0 Å².